The molecule has 0 fully saturated rings. The highest BCUT2D eigenvalue weighted by Gasteiger charge is 2.11. The predicted octanol–water partition coefficient (Wildman–Crippen LogP) is 3.05. The molecule has 0 radical (unpaired) electrons. The van der Waals surface area contributed by atoms with Crippen LogP contribution < -0.4 is 5.32 Å². The number of aromatic hydroxyl groups is 1. The number of hydrogen-bond acceptors (Lipinski definition) is 5. The second kappa shape index (κ2) is 5.44. The van der Waals surface area contributed by atoms with Crippen molar-refractivity contribution in [2.45, 2.75) is 6.54 Å². The normalized spacial score (nSPS) is 10.4. The Balaban J connectivity index is 1.73. The Labute approximate surface area is 115 Å². The summed E-state index contributed by atoms with van der Waals surface area (Å²) in [5.74, 6) is 0.407. The molecule has 0 amide bonds. The molecule has 20 heavy (non-hydrogen) atoms. The summed E-state index contributed by atoms with van der Waals surface area (Å²) in [6.45, 7) is 0.600. The molecule has 5 heteroatoms. The highest BCUT2D eigenvalue weighted by Crippen LogP contribution is 2.28. The third kappa shape index (κ3) is 2.61. The van der Waals surface area contributed by atoms with Crippen molar-refractivity contribution in [1.82, 2.24) is 10.2 Å². The molecule has 3 aromatic rings. The topological polar surface area (TPSA) is 71.2 Å². The van der Waals surface area contributed by atoms with Gasteiger partial charge in [0.05, 0.1) is 5.56 Å². The SMILES string of the molecule is Oc1ccccc1-c1nnc(NCc2ccccc2)o1. The van der Waals surface area contributed by atoms with Crippen LogP contribution >= 0.6 is 0 Å². The summed E-state index contributed by atoms with van der Waals surface area (Å²) in [6.07, 6.45) is 0. The number of para-hydroxylation sites is 1. The lowest BCUT2D eigenvalue weighted by Gasteiger charge is -2.01. The number of anilines is 1. The van der Waals surface area contributed by atoms with Crippen LogP contribution in [-0.4, -0.2) is 15.3 Å². The summed E-state index contributed by atoms with van der Waals surface area (Å²) in [4.78, 5) is 0. The van der Waals surface area contributed by atoms with Gasteiger partial charge in [0.2, 0.25) is 0 Å². The largest absolute Gasteiger partial charge is 0.507 e. The molecule has 0 bridgehead atoms. The predicted molar refractivity (Wildman–Crippen MR) is 75.2 cm³/mol. The summed E-state index contributed by atoms with van der Waals surface area (Å²) in [7, 11) is 0. The third-order valence-corrected chi connectivity index (χ3v) is 2.85. The number of rotatable bonds is 4. The van der Waals surface area contributed by atoms with Crippen LogP contribution in [0.4, 0.5) is 6.01 Å². The third-order valence-electron chi connectivity index (χ3n) is 2.85. The fraction of sp³-hybridized carbons (Fsp3) is 0.0667. The Hall–Kier alpha value is -2.82. The van der Waals surface area contributed by atoms with Crippen LogP contribution in [0.15, 0.2) is 59.0 Å². The van der Waals surface area contributed by atoms with Gasteiger partial charge in [-0.1, -0.05) is 47.6 Å². The van der Waals surface area contributed by atoms with E-state index < -0.39 is 0 Å². The lowest BCUT2D eigenvalue weighted by molar-refractivity contribution is 0.473. The average Bonchev–Trinajstić information content (AvgIpc) is 2.95. The van der Waals surface area contributed by atoms with Crippen molar-refractivity contribution >= 4 is 6.01 Å². The number of benzene rings is 2. The van der Waals surface area contributed by atoms with Gasteiger partial charge in [-0.05, 0) is 17.7 Å². The molecule has 0 saturated carbocycles. The monoisotopic (exact) mass is 267 g/mol. The average molecular weight is 267 g/mol. The Bertz CT molecular complexity index is 695. The molecule has 3 rings (SSSR count). The minimum absolute atomic E-state index is 0.116. The van der Waals surface area contributed by atoms with Crippen LogP contribution in [0.2, 0.25) is 0 Å². The fourth-order valence-corrected chi connectivity index (χ4v) is 1.83. The van der Waals surface area contributed by atoms with Gasteiger partial charge in [0, 0.05) is 6.54 Å². The quantitative estimate of drug-likeness (QED) is 0.760. The molecule has 100 valence electrons. The van der Waals surface area contributed by atoms with Gasteiger partial charge in [-0.15, -0.1) is 5.10 Å². The second-order valence-corrected chi connectivity index (χ2v) is 4.27. The Morgan fingerprint density at radius 3 is 2.50 bits per heavy atom. The van der Waals surface area contributed by atoms with Crippen LogP contribution in [0, 0.1) is 0 Å². The number of phenols is 1. The zero-order valence-electron chi connectivity index (χ0n) is 10.7. The van der Waals surface area contributed by atoms with Crippen molar-refractivity contribution in [1.29, 1.82) is 0 Å². The first-order valence-corrected chi connectivity index (χ1v) is 6.22. The first-order chi connectivity index (χ1) is 9.83. The molecular weight excluding hydrogens is 254 g/mol. The Kier molecular flexibility index (Phi) is 3.33. The minimum Gasteiger partial charge on any atom is -0.507 e. The molecule has 0 aliphatic rings. The summed E-state index contributed by atoms with van der Waals surface area (Å²) in [5.41, 5.74) is 1.64. The van der Waals surface area contributed by atoms with Gasteiger partial charge in [-0.3, -0.25) is 0 Å². The Morgan fingerprint density at radius 2 is 1.70 bits per heavy atom. The molecule has 2 aromatic carbocycles. The smallest absolute Gasteiger partial charge is 0.316 e. The van der Waals surface area contributed by atoms with E-state index in [2.05, 4.69) is 15.5 Å². The molecule has 0 atom stereocenters. The van der Waals surface area contributed by atoms with E-state index >= 15 is 0 Å². The highest BCUT2D eigenvalue weighted by molar-refractivity contribution is 5.62. The summed E-state index contributed by atoms with van der Waals surface area (Å²) in [5, 5.41) is 20.6. The van der Waals surface area contributed by atoms with E-state index in [1.165, 1.54) is 0 Å². The van der Waals surface area contributed by atoms with E-state index in [0.29, 0.717) is 24.0 Å². The van der Waals surface area contributed by atoms with Crippen molar-refractivity contribution in [3.8, 4) is 17.2 Å². The Morgan fingerprint density at radius 1 is 0.950 bits per heavy atom. The van der Waals surface area contributed by atoms with E-state index in [9.17, 15) is 5.11 Å². The highest BCUT2D eigenvalue weighted by atomic mass is 16.4. The minimum atomic E-state index is 0.116. The first-order valence-electron chi connectivity index (χ1n) is 6.22. The number of hydrogen-bond donors (Lipinski definition) is 2. The van der Waals surface area contributed by atoms with Gasteiger partial charge in [0.25, 0.3) is 5.89 Å². The molecule has 1 heterocycles. The van der Waals surface area contributed by atoms with E-state index in [4.69, 9.17) is 4.42 Å². The first kappa shape index (κ1) is 12.2. The zero-order valence-corrected chi connectivity index (χ0v) is 10.7. The van der Waals surface area contributed by atoms with Gasteiger partial charge in [-0.2, -0.15) is 0 Å². The van der Waals surface area contributed by atoms with Crippen molar-refractivity contribution < 1.29 is 9.52 Å². The summed E-state index contributed by atoms with van der Waals surface area (Å²) < 4.78 is 5.48. The van der Waals surface area contributed by atoms with Crippen LogP contribution in [0.25, 0.3) is 11.5 Å². The van der Waals surface area contributed by atoms with Gasteiger partial charge >= 0.3 is 6.01 Å². The fourth-order valence-electron chi connectivity index (χ4n) is 1.83. The van der Waals surface area contributed by atoms with E-state index in [1.807, 2.05) is 30.3 Å². The molecular formula is C15H13N3O2. The van der Waals surface area contributed by atoms with Crippen LogP contribution in [0.1, 0.15) is 5.56 Å². The van der Waals surface area contributed by atoms with E-state index in [1.54, 1.807) is 24.3 Å². The number of nitrogens with zero attached hydrogens (tertiary/aromatic N) is 2. The molecule has 0 aliphatic heterocycles. The number of nitrogens with one attached hydrogen (secondary N) is 1. The molecule has 2 N–H and O–H groups in total. The van der Waals surface area contributed by atoms with Crippen molar-refractivity contribution in [2.24, 2.45) is 0 Å². The number of aromatic nitrogens is 2. The van der Waals surface area contributed by atoms with E-state index in [0.717, 1.165) is 5.56 Å². The lowest BCUT2D eigenvalue weighted by atomic mass is 10.2. The summed E-state index contributed by atoms with van der Waals surface area (Å²) >= 11 is 0. The van der Waals surface area contributed by atoms with Crippen molar-refractivity contribution in [2.75, 3.05) is 5.32 Å². The maximum atomic E-state index is 9.73. The zero-order chi connectivity index (χ0) is 13.8. The van der Waals surface area contributed by atoms with Crippen molar-refractivity contribution in [3.63, 3.8) is 0 Å². The molecule has 0 saturated heterocycles. The molecule has 5 nitrogen and oxygen atoms in total. The molecule has 0 spiro atoms. The van der Waals surface area contributed by atoms with Gasteiger partial charge in [0.15, 0.2) is 0 Å². The van der Waals surface area contributed by atoms with Crippen LogP contribution in [0.3, 0.4) is 0 Å². The maximum Gasteiger partial charge on any atom is 0.316 e. The maximum absolute atomic E-state index is 9.73. The van der Waals surface area contributed by atoms with Crippen molar-refractivity contribution in [3.05, 3.63) is 60.2 Å². The molecule has 0 aliphatic carbocycles. The number of phenolic OH excluding ortho intramolecular Hbond substituents is 1. The van der Waals surface area contributed by atoms with Gasteiger partial charge in [-0.25, -0.2) is 0 Å². The van der Waals surface area contributed by atoms with E-state index in [-0.39, 0.29) is 5.75 Å². The van der Waals surface area contributed by atoms with Gasteiger partial charge in [0.1, 0.15) is 5.75 Å². The van der Waals surface area contributed by atoms with Crippen LogP contribution in [-0.2, 0) is 6.54 Å². The second-order valence-electron chi connectivity index (χ2n) is 4.27. The van der Waals surface area contributed by atoms with Crippen LogP contribution in [0.5, 0.6) is 5.75 Å². The molecule has 0 unspecified atom stereocenters. The van der Waals surface area contributed by atoms with Gasteiger partial charge < -0.3 is 14.8 Å². The standard InChI is InChI=1S/C15H13N3O2/c19-13-9-5-4-8-12(13)14-17-18-15(20-14)16-10-11-6-2-1-3-7-11/h1-9,19H,10H2,(H,16,18). The summed E-state index contributed by atoms with van der Waals surface area (Å²) in [6, 6.07) is 17.1. The lowest BCUT2D eigenvalue weighted by Crippen LogP contribution is -1.98. The molecule has 1 aromatic heterocycles.